The fraction of sp³-hybridized carbons (Fsp3) is 0.0556. The molecule has 0 spiro atoms. The van der Waals surface area contributed by atoms with Crippen molar-refractivity contribution in [1.29, 1.82) is 0 Å². The van der Waals surface area contributed by atoms with Gasteiger partial charge in [-0.1, -0.05) is 29.8 Å². The molecule has 27 heavy (non-hydrogen) atoms. The van der Waals surface area contributed by atoms with Gasteiger partial charge in [-0.25, -0.2) is 14.2 Å². The van der Waals surface area contributed by atoms with Crippen molar-refractivity contribution in [3.05, 3.63) is 76.0 Å². The topological polar surface area (TPSA) is 83.1 Å². The molecule has 1 heterocycles. The Morgan fingerprint density at radius 2 is 1.89 bits per heavy atom. The van der Waals surface area contributed by atoms with Gasteiger partial charge in [0.15, 0.2) is 5.13 Å². The molecule has 138 valence electrons. The Balaban J connectivity index is 1.53. The van der Waals surface area contributed by atoms with Gasteiger partial charge in [0.2, 0.25) is 0 Å². The standard InChI is InChI=1S/C18H14ClFN4O2S/c19-12-2-1-3-14(8-12)22-17(26)24-18-23-15(10-27-18)16(25)21-9-11-4-6-13(20)7-5-11/h1-8,10H,9H2,(H,21,25)(H2,22,23,24,26). The monoisotopic (exact) mass is 404 g/mol. The Morgan fingerprint density at radius 1 is 1.11 bits per heavy atom. The highest BCUT2D eigenvalue weighted by Crippen LogP contribution is 2.18. The van der Waals surface area contributed by atoms with Gasteiger partial charge in [-0.3, -0.25) is 10.1 Å². The van der Waals surface area contributed by atoms with E-state index >= 15 is 0 Å². The molecule has 0 radical (unpaired) electrons. The van der Waals surface area contributed by atoms with E-state index in [1.54, 1.807) is 36.4 Å². The number of halogens is 2. The second-order valence-electron chi connectivity index (χ2n) is 5.44. The molecular formula is C18H14ClFN4O2S. The first-order valence-electron chi connectivity index (χ1n) is 7.81. The minimum absolute atomic E-state index is 0.181. The predicted molar refractivity (Wildman–Crippen MR) is 104 cm³/mol. The van der Waals surface area contributed by atoms with Crippen LogP contribution in [0.1, 0.15) is 16.1 Å². The molecule has 0 aliphatic rings. The molecule has 9 heteroatoms. The molecule has 1 aromatic heterocycles. The molecule has 3 rings (SSSR count). The fourth-order valence-electron chi connectivity index (χ4n) is 2.14. The number of hydrogen-bond donors (Lipinski definition) is 3. The lowest BCUT2D eigenvalue weighted by molar-refractivity contribution is 0.0946. The summed E-state index contributed by atoms with van der Waals surface area (Å²) < 4.78 is 12.9. The Labute approximate surface area is 163 Å². The van der Waals surface area contributed by atoms with Crippen molar-refractivity contribution < 1.29 is 14.0 Å². The second kappa shape index (κ2) is 8.61. The average molecular weight is 405 g/mol. The molecule has 2 aromatic carbocycles. The van der Waals surface area contributed by atoms with Crippen LogP contribution in [-0.4, -0.2) is 16.9 Å². The fourth-order valence-corrected chi connectivity index (χ4v) is 3.01. The highest BCUT2D eigenvalue weighted by molar-refractivity contribution is 7.14. The van der Waals surface area contributed by atoms with Crippen molar-refractivity contribution in [2.75, 3.05) is 10.6 Å². The maximum Gasteiger partial charge on any atom is 0.325 e. The normalized spacial score (nSPS) is 10.3. The first kappa shape index (κ1) is 18.8. The zero-order valence-corrected chi connectivity index (χ0v) is 15.4. The summed E-state index contributed by atoms with van der Waals surface area (Å²) in [5.41, 5.74) is 1.48. The molecular weight excluding hydrogens is 391 g/mol. The van der Waals surface area contributed by atoms with Gasteiger partial charge in [-0.05, 0) is 35.9 Å². The summed E-state index contributed by atoms with van der Waals surface area (Å²) in [6.45, 7) is 0.245. The van der Waals surface area contributed by atoms with Crippen LogP contribution in [0, 0.1) is 5.82 Å². The molecule has 0 saturated heterocycles. The predicted octanol–water partition coefficient (Wildman–Crippen LogP) is 4.51. The quantitative estimate of drug-likeness (QED) is 0.585. The molecule has 0 atom stereocenters. The number of carbonyl (C=O) groups excluding carboxylic acids is 2. The molecule has 0 aliphatic carbocycles. The van der Waals surface area contributed by atoms with E-state index in [2.05, 4.69) is 20.9 Å². The number of benzene rings is 2. The Kier molecular flexibility index (Phi) is 6.00. The molecule has 0 saturated carbocycles. The molecule has 3 N–H and O–H groups in total. The molecule has 3 aromatic rings. The summed E-state index contributed by atoms with van der Waals surface area (Å²) in [5.74, 6) is -0.727. The van der Waals surface area contributed by atoms with Crippen LogP contribution in [0.5, 0.6) is 0 Å². The second-order valence-corrected chi connectivity index (χ2v) is 6.73. The lowest BCUT2D eigenvalue weighted by Gasteiger charge is -2.05. The van der Waals surface area contributed by atoms with E-state index in [9.17, 15) is 14.0 Å². The van der Waals surface area contributed by atoms with Crippen molar-refractivity contribution in [1.82, 2.24) is 10.3 Å². The van der Waals surface area contributed by atoms with Gasteiger partial charge in [-0.15, -0.1) is 11.3 Å². The number of carbonyl (C=O) groups is 2. The minimum Gasteiger partial charge on any atom is -0.347 e. The van der Waals surface area contributed by atoms with E-state index in [0.717, 1.165) is 16.9 Å². The van der Waals surface area contributed by atoms with Crippen molar-refractivity contribution in [3.8, 4) is 0 Å². The Bertz CT molecular complexity index is 962. The summed E-state index contributed by atoms with van der Waals surface area (Å²) in [7, 11) is 0. The summed E-state index contributed by atoms with van der Waals surface area (Å²) in [6, 6.07) is 12.0. The van der Waals surface area contributed by atoms with Gasteiger partial charge < -0.3 is 10.6 Å². The zero-order chi connectivity index (χ0) is 19.2. The Hall–Kier alpha value is -2.97. The first-order valence-corrected chi connectivity index (χ1v) is 9.07. The van der Waals surface area contributed by atoms with Gasteiger partial charge in [0.05, 0.1) is 0 Å². The lowest BCUT2D eigenvalue weighted by atomic mass is 10.2. The SMILES string of the molecule is O=C(Nc1cccc(Cl)c1)Nc1nc(C(=O)NCc2ccc(F)cc2)cs1. The third-order valence-corrected chi connectivity index (χ3v) is 4.40. The van der Waals surface area contributed by atoms with Crippen LogP contribution < -0.4 is 16.0 Å². The third-order valence-electron chi connectivity index (χ3n) is 3.41. The van der Waals surface area contributed by atoms with Gasteiger partial charge in [0, 0.05) is 22.6 Å². The van der Waals surface area contributed by atoms with Gasteiger partial charge in [0.1, 0.15) is 11.5 Å². The zero-order valence-electron chi connectivity index (χ0n) is 13.8. The maximum absolute atomic E-state index is 12.9. The largest absolute Gasteiger partial charge is 0.347 e. The van der Waals surface area contributed by atoms with Gasteiger partial charge in [-0.2, -0.15) is 0 Å². The number of aromatic nitrogens is 1. The highest BCUT2D eigenvalue weighted by atomic mass is 35.5. The molecule has 0 aliphatic heterocycles. The number of hydrogen-bond acceptors (Lipinski definition) is 4. The lowest BCUT2D eigenvalue weighted by Crippen LogP contribution is -2.23. The number of urea groups is 1. The van der Waals surface area contributed by atoms with E-state index in [0.29, 0.717) is 10.7 Å². The number of nitrogens with one attached hydrogen (secondary N) is 3. The summed E-state index contributed by atoms with van der Waals surface area (Å²) in [4.78, 5) is 28.2. The third kappa shape index (κ3) is 5.50. The van der Waals surface area contributed by atoms with E-state index in [4.69, 9.17) is 11.6 Å². The van der Waals surface area contributed by atoms with E-state index in [1.807, 2.05) is 0 Å². The highest BCUT2D eigenvalue weighted by Gasteiger charge is 2.12. The van der Waals surface area contributed by atoms with Crippen LogP contribution in [0.2, 0.25) is 5.02 Å². The van der Waals surface area contributed by atoms with Gasteiger partial charge >= 0.3 is 6.03 Å². The maximum atomic E-state index is 12.9. The van der Waals surface area contributed by atoms with Crippen molar-refractivity contribution >= 4 is 45.7 Å². The van der Waals surface area contributed by atoms with Crippen LogP contribution in [0.25, 0.3) is 0 Å². The molecule has 0 bridgehead atoms. The van der Waals surface area contributed by atoms with Crippen LogP contribution in [0.3, 0.4) is 0 Å². The van der Waals surface area contributed by atoms with E-state index in [-0.39, 0.29) is 29.1 Å². The van der Waals surface area contributed by atoms with Crippen LogP contribution >= 0.6 is 22.9 Å². The average Bonchev–Trinajstić information content (AvgIpc) is 3.09. The summed E-state index contributed by atoms with van der Waals surface area (Å²) in [6.07, 6.45) is 0. The number of amides is 3. The first-order chi connectivity index (χ1) is 13.0. The van der Waals surface area contributed by atoms with Crippen molar-refractivity contribution in [3.63, 3.8) is 0 Å². The Morgan fingerprint density at radius 3 is 2.63 bits per heavy atom. The summed E-state index contributed by atoms with van der Waals surface area (Å²) in [5, 5.41) is 10.2. The van der Waals surface area contributed by atoms with Crippen molar-refractivity contribution in [2.45, 2.75) is 6.54 Å². The van der Waals surface area contributed by atoms with Crippen LogP contribution in [0.15, 0.2) is 53.9 Å². The molecule has 6 nitrogen and oxygen atoms in total. The number of nitrogens with zero attached hydrogens (tertiary/aromatic N) is 1. The number of anilines is 2. The molecule has 0 fully saturated rings. The molecule has 0 unspecified atom stereocenters. The number of thiazole rings is 1. The summed E-state index contributed by atoms with van der Waals surface area (Å²) >= 11 is 6.99. The van der Waals surface area contributed by atoms with E-state index in [1.165, 1.54) is 17.5 Å². The minimum atomic E-state index is -0.495. The van der Waals surface area contributed by atoms with Crippen LogP contribution in [0.4, 0.5) is 20.0 Å². The van der Waals surface area contributed by atoms with Gasteiger partial charge in [0.25, 0.3) is 5.91 Å². The van der Waals surface area contributed by atoms with Crippen LogP contribution in [-0.2, 0) is 6.54 Å². The van der Waals surface area contributed by atoms with Crippen molar-refractivity contribution in [2.24, 2.45) is 0 Å². The smallest absolute Gasteiger partial charge is 0.325 e. The molecule has 3 amide bonds. The number of rotatable bonds is 5. The van der Waals surface area contributed by atoms with E-state index < -0.39 is 6.03 Å².